The van der Waals surface area contributed by atoms with Crippen LogP contribution in [0.5, 0.6) is 0 Å². The van der Waals surface area contributed by atoms with Gasteiger partial charge in [0.1, 0.15) is 0 Å². The molecule has 2 heteroatoms. The molecule has 1 atom stereocenters. The summed E-state index contributed by atoms with van der Waals surface area (Å²) in [6.07, 6.45) is 14.6. The molecule has 1 unspecified atom stereocenters. The zero-order valence-corrected chi connectivity index (χ0v) is 12.1. The summed E-state index contributed by atoms with van der Waals surface area (Å²) in [6, 6.07) is 1.73. The summed E-state index contributed by atoms with van der Waals surface area (Å²) in [7, 11) is 0. The molecule has 1 heterocycles. The van der Waals surface area contributed by atoms with Gasteiger partial charge in [-0.05, 0) is 32.2 Å². The maximum absolute atomic E-state index is 3.73. The fraction of sp³-hybridized carbons (Fsp3) is 1.00. The number of alkyl halides is 1. The maximum atomic E-state index is 3.73. The van der Waals surface area contributed by atoms with Crippen molar-refractivity contribution in [2.45, 2.75) is 76.3 Å². The van der Waals surface area contributed by atoms with E-state index in [2.05, 4.69) is 20.8 Å². The molecule has 0 aromatic heterocycles. The summed E-state index contributed by atoms with van der Waals surface area (Å²) in [6.45, 7) is 1.36. The van der Waals surface area contributed by atoms with Crippen molar-refractivity contribution in [1.29, 1.82) is 0 Å². The normalized spacial score (nSPS) is 30.9. The van der Waals surface area contributed by atoms with Crippen LogP contribution in [0.4, 0.5) is 0 Å². The molecule has 0 radical (unpaired) electrons. The second kappa shape index (κ2) is 7.00. The molecule has 2 rings (SSSR count). The van der Waals surface area contributed by atoms with Gasteiger partial charge in [-0.3, -0.25) is 4.90 Å². The summed E-state index contributed by atoms with van der Waals surface area (Å²) in [5, 5.41) is 1.18. The average molecular weight is 288 g/mol. The van der Waals surface area contributed by atoms with Gasteiger partial charge in [0.2, 0.25) is 0 Å². The van der Waals surface area contributed by atoms with Crippen LogP contribution in [0.1, 0.15) is 64.2 Å². The SMILES string of the molecule is BrCC1CCCCCN1C1CCCCCC1. The van der Waals surface area contributed by atoms with E-state index in [1.165, 1.54) is 76.1 Å². The minimum Gasteiger partial charge on any atom is -0.297 e. The van der Waals surface area contributed by atoms with Crippen LogP contribution in [0.2, 0.25) is 0 Å². The molecule has 2 fully saturated rings. The molecule has 1 aliphatic heterocycles. The predicted octanol–water partition coefficient (Wildman–Crippen LogP) is 4.35. The smallest absolute Gasteiger partial charge is 0.0195 e. The third-order valence-corrected chi connectivity index (χ3v) is 5.14. The van der Waals surface area contributed by atoms with E-state index < -0.39 is 0 Å². The van der Waals surface area contributed by atoms with Crippen LogP contribution in [-0.4, -0.2) is 28.9 Å². The third-order valence-electron chi connectivity index (χ3n) is 4.39. The molecule has 1 saturated heterocycles. The topological polar surface area (TPSA) is 3.24 Å². The van der Waals surface area contributed by atoms with Gasteiger partial charge < -0.3 is 0 Å². The molecule has 16 heavy (non-hydrogen) atoms. The Morgan fingerprint density at radius 2 is 1.44 bits per heavy atom. The Labute approximate surface area is 109 Å². The molecule has 0 N–H and O–H groups in total. The van der Waals surface area contributed by atoms with Gasteiger partial charge in [-0.15, -0.1) is 0 Å². The van der Waals surface area contributed by atoms with Crippen molar-refractivity contribution < 1.29 is 0 Å². The molecule has 1 aliphatic carbocycles. The number of hydrogen-bond acceptors (Lipinski definition) is 1. The lowest BCUT2D eigenvalue weighted by Gasteiger charge is -2.36. The summed E-state index contributed by atoms with van der Waals surface area (Å²) >= 11 is 3.73. The number of likely N-dealkylation sites (tertiary alicyclic amines) is 1. The number of halogens is 1. The Morgan fingerprint density at radius 3 is 2.12 bits per heavy atom. The second-order valence-electron chi connectivity index (χ2n) is 5.54. The molecule has 0 amide bonds. The first-order chi connectivity index (χ1) is 7.92. The monoisotopic (exact) mass is 287 g/mol. The highest BCUT2D eigenvalue weighted by atomic mass is 79.9. The van der Waals surface area contributed by atoms with Gasteiger partial charge >= 0.3 is 0 Å². The standard InChI is InChI=1S/C14H26BrN/c15-12-14-10-6-3-7-11-16(14)13-8-4-1-2-5-9-13/h13-14H,1-12H2. The lowest BCUT2D eigenvalue weighted by molar-refractivity contribution is 0.136. The van der Waals surface area contributed by atoms with Gasteiger partial charge in [0, 0.05) is 17.4 Å². The minimum absolute atomic E-state index is 0.825. The van der Waals surface area contributed by atoms with Crippen LogP contribution in [0.3, 0.4) is 0 Å². The van der Waals surface area contributed by atoms with E-state index in [9.17, 15) is 0 Å². The van der Waals surface area contributed by atoms with Crippen molar-refractivity contribution in [2.24, 2.45) is 0 Å². The highest BCUT2D eigenvalue weighted by Gasteiger charge is 2.27. The Kier molecular flexibility index (Phi) is 5.64. The van der Waals surface area contributed by atoms with E-state index in [1.54, 1.807) is 0 Å². The quantitative estimate of drug-likeness (QED) is 0.539. The van der Waals surface area contributed by atoms with Crippen molar-refractivity contribution >= 4 is 15.9 Å². The third kappa shape index (κ3) is 3.46. The minimum atomic E-state index is 0.825. The zero-order valence-electron chi connectivity index (χ0n) is 10.5. The van der Waals surface area contributed by atoms with Crippen molar-refractivity contribution in [3.8, 4) is 0 Å². The van der Waals surface area contributed by atoms with E-state index in [4.69, 9.17) is 0 Å². The average Bonchev–Trinajstić information content (AvgIpc) is 2.70. The molecule has 2 aliphatic rings. The molecule has 0 spiro atoms. The Morgan fingerprint density at radius 1 is 0.812 bits per heavy atom. The molecule has 0 aromatic carbocycles. The molecule has 0 bridgehead atoms. The predicted molar refractivity (Wildman–Crippen MR) is 74.2 cm³/mol. The van der Waals surface area contributed by atoms with Crippen LogP contribution in [0.15, 0.2) is 0 Å². The van der Waals surface area contributed by atoms with Crippen molar-refractivity contribution in [1.82, 2.24) is 4.90 Å². The molecule has 1 saturated carbocycles. The number of hydrogen-bond donors (Lipinski definition) is 0. The zero-order chi connectivity index (χ0) is 11.2. The highest BCUT2D eigenvalue weighted by molar-refractivity contribution is 9.09. The molecular formula is C14H26BrN. The van der Waals surface area contributed by atoms with E-state index in [-0.39, 0.29) is 0 Å². The van der Waals surface area contributed by atoms with Gasteiger partial charge in [0.25, 0.3) is 0 Å². The van der Waals surface area contributed by atoms with Crippen LogP contribution >= 0.6 is 15.9 Å². The molecular weight excluding hydrogens is 262 g/mol. The molecule has 0 aromatic rings. The number of rotatable bonds is 2. The van der Waals surface area contributed by atoms with Crippen LogP contribution in [-0.2, 0) is 0 Å². The van der Waals surface area contributed by atoms with E-state index in [1.807, 2.05) is 0 Å². The van der Waals surface area contributed by atoms with Gasteiger partial charge in [-0.25, -0.2) is 0 Å². The number of nitrogens with zero attached hydrogens (tertiary/aromatic N) is 1. The van der Waals surface area contributed by atoms with E-state index in [0.717, 1.165) is 12.1 Å². The fourth-order valence-corrected chi connectivity index (χ4v) is 4.13. The van der Waals surface area contributed by atoms with Crippen molar-refractivity contribution in [3.63, 3.8) is 0 Å². The maximum Gasteiger partial charge on any atom is 0.0195 e. The summed E-state index contributed by atoms with van der Waals surface area (Å²) in [4.78, 5) is 2.85. The van der Waals surface area contributed by atoms with Gasteiger partial charge in [0.15, 0.2) is 0 Å². The largest absolute Gasteiger partial charge is 0.297 e. The Hall–Kier alpha value is 0.440. The second-order valence-corrected chi connectivity index (χ2v) is 6.19. The Balaban J connectivity index is 1.96. The Bertz CT molecular complexity index is 187. The van der Waals surface area contributed by atoms with Crippen LogP contribution in [0, 0.1) is 0 Å². The van der Waals surface area contributed by atoms with Crippen molar-refractivity contribution in [2.75, 3.05) is 11.9 Å². The summed E-state index contributed by atoms with van der Waals surface area (Å²) in [5.41, 5.74) is 0. The summed E-state index contributed by atoms with van der Waals surface area (Å²) < 4.78 is 0. The van der Waals surface area contributed by atoms with Gasteiger partial charge in [0.05, 0.1) is 0 Å². The first-order valence-corrected chi connectivity index (χ1v) is 8.35. The molecule has 94 valence electrons. The lowest BCUT2D eigenvalue weighted by Crippen LogP contribution is -2.43. The van der Waals surface area contributed by atoms with Crippen molar-refractivity contribution in [3.05, 3.63) is 0 Å². The first kappa shape index (κ1) is 12.9. The summed E-state index contributed by atoms with van der Waals surface area (Å²) in [5.74, 6) is 0. The van der Waals surface area contributed by atoms with E-state index in [0.29, 0.717) is 0 Å². The first-order valence-electron chi connectivity index (χ1n) is 7.23. The van der Waals surface area contributed by atoms with Gasteiger partial charge in [-0.1, -0.05) is 54.5 Å². The lowest BCUT2D eigenvalue weighted by atomic mass is 10.0. The van der Waals surface area contributed by atoms with Crippen LogP contribution in [0.25, 0.3) is 0 Å². The van der Waals surface area contributed by atoms with Crippen LogP contribution < -0.4 is 0 Å². The van der Waals surface area contributed by atoms with Gasteiger partial charge in [-0.2, -0.15) is 0 Å². The highest BCUT2D eigenvalue weighted by Crippen LogP contribution is 2.28. The fourth-order valence-electron chi connectivity index (χ4n) is 3.44. The molecule has 1 nitrogen and oxygen atoms in total. The van der Waals surface area contributed by atoms with E-state index >= 15 is 0 Å².